The Kier molecular flexibility index (Phi) is 6.35. The third-order valence-electron chi connectivity index (χ3n) is 6.19. The van der Waals surface area contributed by atoms with Crippen molar-refractivity contribution in [3.63, 3.8) is 0 Å². The average Bonchev–Trinajstić information content (AvgIpc) is 3.68. The fourth-order valence-corrected chi connectivity index (χ4v) is 4.14. The summed E-state index contributed by atoms with van der Waals surface area (Å²) < 4.78 is 11.5. The molecule has 2 aliphatic heterocycles. The summed E-state index contributed by atoms with van der Waals surface area (Å²) in [5.41, 5.74) is 0.976. The Bertz CT molecular complexity index is 1080. The highest BCUT2D eigenvalue weighted by molar-refractivity contribution is 6.04. The van der Waals surface area contributed by atoms with Crippen molar-refractivity contribution in [1.29, 1.82) is 0 Å². The number of hydrogen-bond acceptors (Lipinski definition) is 6. The van der Waals surface area contributed by atoms with Gasteiger partial charge in [0.05, 0.1) is 17.8 Å². The van der Waals surface area contributed by atoms with E-state index in [1.54, 1.807) is 35.2 Å². The van der Waals surface area contributed by atoms with Crippen molar-refractivity contribution in [2.45, 2.75) is 25.0 Å². The number of carbonyl (C=O) groups excluding carboxylic acids is 3. The smallest absolute Gasteiger partial charge is 0.267 e. The summed E-state index contributed by atoms with van der Waals surface area (Å²) in [7, 11) is 0. The van der Waals surface area contributed by atoms with Crippen LogP contribution in [0.25, 0.3) is 0 Å². The van der Waals surface area contributed by atoms with Gasteiger partial charge in [0.2, 0.25) is 12.0 Å². The molecular weight excluding hydrogens is 436 g/mol. The van der Waals surface area contributed by atoms with Gasteiger partial charge in [0.1, 0.15) is 6.61 Å². The highest BCUT2D eigenvalue weighted by Crippen LogP contribution is 2.31. The van der Waals surface area contributed by atoms with E-state index in [1.807, 2.05) is 23.1 Å². The van der Waals surface area contributed by atoms with Gasteiger partial charge >= 0.3 is 0 Å². The van der Waals surface area contributed by atoms with Gasteiger partial charge in [-0.05, 0) is 37.1 Å². The van der Waals surface area contributed by atoms with E-state index in [0.29, 0.717) is 48.9 Å². The number of amides is 3. The van der Waals surface area contributed by atoms with Crippen LogP contribution in [0.1, 0.15) is 23.2 Å². The van der Waals surface area contributed by atoms with E-state index < -0.39 is 6.10 Å². The van der Waals surface area contributed by atoms with Gasteiger partial charge in [-0.2, -0.15) is 0 Å². The first-order valence-corrected chi connectivity index (χ1v) is 11.7. The lowest BCUT2D eigenvalue weighted by Gasteiger charge is -2.36. The van der Waals surface area contributed by atoms with Gasteiger partial charge in [0.15, 0.2) is 11.5 Å². The highest BCUT2D eigenvalue weighted by Gasteiger charge is 2.33. The molecule has 1 saturated heterocycles. The molecule has 9 heteroatoms. The number of rotatable bonds is 6. The second-order valence-corrected chi connectivity index (χ2v) is 8.81. The molecule has 0 aromatic heterocycles. The summed E-state index contributed by atoms with van der Waals surface area (Å²) in [6, 6.07) is 14.6. The number of ether oxygens (including phenoxy) is 2. The molecule has 2 aromatic rings. The lowest BCUT2D eigenvalue weighted by Crippen LogP contribution is -2.54. The number of carbonyl (C=O) groups is 3. The zero-order valence-corrected chi connectivity index (χ0v) is 18.9. The number of anilines is 1. The van der Waals surface area contributed by atoms with Crippen LogP contribution in [0.15, 0.2) is 48.5 Å². The maximum Gasteiger partial charge on any atom is 0.267 e. The van der Waals surface area contributed by atoms with Crippen LogP contribution < -0.4 is 20.1 Å². The molecule has 3 amide bonds. The standard InChI is InChI=1S/C25H28N4O5/c30-23(27-19-6-2-1-5-18(19)24(31)26-17-9-10-17)15-28-11-13-29(14-12-28)25(32)22-16-33-20-7-3-4-8-21(20)34-22/h1-8,17,22H,9-16H2,(H,26,31)(H,27,30)/t22-/m0/s1. The largest absolute Gasteiger partial charge is 0.485 e. The second kappa shape index (κ2) is 9.72. The summed E-state index contributed by atoms with van der Waals surface area (Å²) in [6.45, 7) is 2.55. The Hall–Kier alpha value is -3.59. The van der Waals surface area contributed by atoms with E-state index in [2.05, 4.69) is 10.6 Å². The maximum atomic E-state index is 12.9. The lowest BCUT2D eigenvalue weighted by atomic mass is 10.1. The normalized spacial score (nSPS) is 19.9. The number of piperazine rings is 1. The van der Waals surface area contributed by atoms with Crippen molar-refractivity contribution < 1.29 is 23.9 Å². The fraction of sp³-hybridized carbons (Fsp3) is 0.400. The zero-order valence-electron chi connectivity index (χ0n) is 18.9. The van der Waals surface area contributed by atoms with Gasteiger partial charge in [-0.15, -0.1) is 0 Å². The van der Waals surface area contributed by atoms with Crippen molar-refractivity contribution in [2.24, 2.45) is 0 Å². The molecule has 0 spiro atoms. The topological polar surface area (TPSA) is 100 Å². The third kappa shape index (κ3) is 5.14. The first-order chi connectivity index (χ1) is 16.6. The summed E-state index contributed by atoms with van der Waals surface area (Å²) in [4.78, 5) is 41.8. The molecule has 1 aliphatic carbocycles. The average molecular weight is 465 g/mol. The molecule has 0 bridgehead atoms. The summed E-state index contributed by atoms with van der Waals surface area (Å²) in [5.74, 6) is 0.769. The number of para-hydroxylation sites is 3. The van der Waals surface area contributed by atoms with Gasteiger partial charge in [0.25, 0.3) is 11.8 Å². The first kappa shape index (κ1) is 22.2. The van der Waals surface area contributed by atoms with Gasteiger partial charge in [-0.25, -0.2) is 0 Å². The minimum atomic E-state index is -0.664. The summed E-state index contributed by atoms with van der Waals surface area (Å²) in [6.07, 6.45) is 1.34. The van der Waals surface area contributed by atoms with E-state index in [9.17, 15) is 14.4 Å². The molecule has 9 nitrogen and oxygen atoms in total. The molecule has 0 unspecified atom stereocenters. The van der Waals surface area contributed by atoms with Crippen molar-refractivity contribution in [1.82, 2.24) is 15.1 Å². The van der Waals surface area contributed by atoms with Crippen molar-refractivity contribution in [2.75, 3.05) is 44.6 Å². The number of hydrogen-bond donors (Lipinski definition) is 2. The molecule has 3 aliphatic rings. The molecule has 2 aromatic carbocycles. The van der Waals surface area contributed by atoms with E-state index in [4.69, 9.17) is 9.47 Å². The molecule has 34 heavy (non-hydrogen) atoms. The minimum absolute atomic E-state index is 0.103. The summed E-state index contributed by atoms with van der Waals surface area (Å²) in [5, 5.41) is 5.82. The Balaban J connectivity index is 1.10. The molecule has 0 radical (unpaired) electrons. The van der Waals surface area contributed by atoms with Crippen LogP contribution in [0.4, 0.5) is 5.69 Å². The fourth-order valence-electron chi connectivity index (χ4n) is 4.14. The molecule has 2 N–H and O–H groups in total. The SMILES string of the molecule is O=C(CN1CCN(C(=O)[C@@H]2COc3ccccc3O2)CC1)Nc1ccccc1C(=O)NC1CC1. The van der Waals surface area contributed by atoms with Gasteiger partial charge in [0, 0.05) is 32.2 Å². The minimum Gasteiger partial charge on any atom is -0.485 e. The Morgan fingerprint density at radius 3 is 2.38 bits per heavy atom. The molecule has 2 heterocycles. The van der Waals surface area contributed by atoms with E-state index >= 15 is 0 Å². The van der Waals surface area contributed by atoms with Gasteiger partial charge < -0.3 is 25.0 Å². The molecule has 5 rings (SSSR count). The quantitative estimate of drug-likeness (QED) is 0.672. The van der Waals surface area contributed by atoms with Crippen LogP contribution in [0.2, 0.25) is 0 Å². The molecule has 2 fully saturated rings. The monoisotopic (exact) mass is 464 g/mol. The predicted molar refractivity (Wildman–Crippen MR) is 125 cm³/mol. The number of nitrogens with one attached hydrogen (secondary N) is 2. The van der Waals surface area contributed by atoms with Crippen LogP contribution >= 0.6 is 0 Å². The van der Waals surface area contributed by atoms with Crippen LogP contribution in [-0.2, 0) is 9.59 Å². The van der Waals surface area contributed by atoms with Crippen LogP contribution in [0, 0.1) is 0 Å². The van der Waals surface area contributed by atoms with E-state index in [0.717, 1.165) is 12.8 Å². The van der Waals surface area contributed by atoms with E-state index in [1.165, 1.54) is 0 Å². The first-order valence-electron chi connectivity index (χ1n) is 11.7. The van der Waals surface area contributed by atoms with Gasteiger partial charge in [-0.1, -0.05) is 24.3 Å². The second-order valence-electron chi connectivity index (χ2n) is 8.81. The van der Waals surface area contributed by atoms with Crippen LogP contribution in [0.5, 0.6) is 11.5 Å². The Labute approximate surface area is 198 Å². The Morgan fingerprint density at radius 2 is 1.62 bits per heavy atom. The highest BCUT2D eigenvalue weighted by atomic mass is 16.6. The summed E-state index contributed by atoms with van der Waals surface area (Å²) >= 11 is 0. The van der Waals surface area contributed by atoms with Crippen molar-refractivity contribution in [3.05, 3.63) is 54.1 Å². The van der Waals surface area contributed by atoms with Crippen LogP contribution in [-0.4, -0.2) is 79.0 Å². The van der Waals surface area contributed by atoms with Gasteiger partial charge in [-0.3, -0.25) is 19.3 Å². The molecular formula is C25H28N4O5. The number of benzene rings is 2. The number of fused-ring (bicyclic) bond motifs is 1. The van der Waals surface area contributed by atoms with Crippen LogP contribution in [0.3, 0.4) is 0 Å². The lowest BCUT2D eigenvalue weighted by molar-refractivity contribution is -0.143. The molecule has 1 atom stereocenters. The number of nitrogens with zero attached hydrogens (tertiary/aromatic N) is 2. The zero-order chi connectivity index (χ0) is 23.5. The maximum absolute atomic E-state index is 12.9. The molecule has 178 valence electrons. The Morgan fingerprint density at radius 1 is 0.912 bits per heavy atom. The predicted octanol–water partition coefficient (Wildman–Crippen LogP) is 1.50. The van der Waals surface area contributed by atoms with Crippen molar-refractivity contribution in [3.8, 4) is 11.5 Å². The van der Waals surface area contributed by atoms with E-state index in [-0.39, 0.29) is 36.9 Å². The third-order valence-corrected chi connectivity index (χ3v) is 6.19. The molecule has 1 saturated carbocycles. The van der Waals surface area contributed by atoms with Crippen molar-refractivity contribution >= 4 is 23.4 Å².